The van der Waals surface area contributed by atoms with Gasteiger partial charge in [0.05, 0.1) is 20.3 Å². The second-order valence-corrected chi connectivity index (χ2v) is 8.95. The maximum atomic E-state index is 13.0. The number of rotatable bonds is 7. The van der Waals surface area contributed by atoms with Gasteiger partial charge in [-0.2, -0.15) is 4.31 Å². The molecular weight excluding hydrogens is 428 g/mol. The first-order valence-electron chi connectivity index (χ1n) is 9.92. The lowest BCUT2D eigenvalue weighted by atomic mass is 10.2. The van der Waals surface area contributed by atoms with E-state index in [2.05, 4.69) is 5.32 Å². The quantitative estimate of drug-likeness (QED) is 0.543. The van der Waals surface area contributed by atoms with Gasteiger partial charge < -0.3 is 24.6 Å². The van der Waals surface area contributed by atoms with Gasteiger partial charge in [-0.3, -0.25) is 14.4 Å². The number of methoxy groups -OCH3 is 1. The molecule has 31 heavy (non-hydrogen) atoms. The summed E-state index contributed by atoms with van der Waals surface area (Å²) in [5.41, 5.74) is 0.239. The first-order valence-corrected chi connectivity index (χ1v) is 11.4. The first-order chi connectivity index (χ1) is 14.8. The normalized spacial score (nSPS) is 18.3. The predicted octanol–water partition coefficient (Wildman–Crippen LogP) is -0.655. The number of carbonyl (C=O) groups is 3. The van der Waals surface area contributed by atoms with E-state index in [0.29, 0.717) is 26.3 Å². The van der Waals surface area contributed by atoms with Crippen molar-refractivity contribution in [2.45, 2.75) is 11.8 Å². The predicted molar refractivity (Wildman–Crippen MR) is 110 cm³/mol. The zero-order valence-electron chi connectivity index (χ0n) is 17.5. The molecule has 2 fully saturated rings. The third-order valence-corrected chi connectivity index (χ3v) is 7.07. The Morgan fingerprint density at radius 1 is 1.10 bits per heavy atom. The van der Waals surface area contributed by atoms with Gasteiger partial charge in [0, 0.05) is 38.4 Å². The van der Waals surface area contributed by atoms with Gasteiger partial charge in [0.1, 0.15) is 17.2 Å². The number of likely N-dealkylation sites (N-methyl/N-ethyl adjacent to an activating group) is 1. The molecule has 1 aromatic carbocycles. The molecule has 11 nitrogen and oxygen atoms in total. The van der Waals surface area contributed by atoms with Gasteiger partial charge in [-0.05, 0) is 25.1 Å². The van der Waals surface area contributed by atoms with Gasteiger partial charge in [0.15, 0.2) is 0 Å². The van der Waals surface area contributed by atoms with Crippen LogP contribution in [0, 0.1) is 0 Å². The molecule has 0 bridgehead atoms. The number of sulfonamides is 1. The summed E-state index contributed by atoms with van der Waals surface area (Å²) in [5, 5.41) is 2.60. The van der Waals surface area contributed by atoms with E-state index in [-0.39, 0.29) is 42.5 Å². The van der Waals surface area contributed by atoms with Gasteiger partial charge in [-0.25, -0.2) is 8.42 Å². The van der Waals surface area contributed by atoms with E-state index >= 15 is 0 Å². The largest absolute Gasteiger partial charge is 0.495 e. The molecule has 3 rings (SSSR count). The van der Waals surface area contributed by atoms with Crippen molar-refractivity contribution < 1.29 is 32.3 Å². The lowest BCUT2D eigenvalue weighted by Gasteiger charge is -2.32. The Morgan fingerprint density at radius 3 is 2.39 bits per heavy atom. The van der Waals surface area contributed by atoms with Crippen LogP contribution in [0.2, 0.25) is 0 Å². The Hall–Kier alpha value is -2.70. The number of hydrogen-bond acceptors (Lipinski definition) is 7. The summed E-state index contributed by atoms with van der Waals surface area (Å²) >= 11 is 0. The molecule has 2 saturated heterocycles. The number of carbonyl (C=O) groups excluding carboxylic acids is 3. The molecule has 170 valence electrons. The SMILES string of the molecule is CCN1CCN(CC(=O)Nc2ccc(OC)c(S(=O)(=O)N3CCOCC3)c2)C(=O)C1=O. The number of ether oxygens (including phenoxy) is 2. The first kappa shape index (κ1) is 23.0. The van der Waals surface area contributed by atoms with Gasteiger partial charge >= 0.3 is 11.8 Å². The van der Waals surface area contributed by atoms with Crippen molar-refractivity contribution >= 4 is 33.4 Å². The van der Waals surface area contributed by atoms with Crippen LogP contribution >= 0.6 is 0 Å². The minimum absolute atomic E-state index is 0.0717. The highest BCUT2D eigenvalue weighted by atomic mass is 32.2. The fourth-order valence-corrected chi connectivity index (χ4v) is 5.01. The Labute approximate surface area is 180 Å². The summed E-state index contributed by atoms with van der Waals surface area (Å²) in [5.74, 6) is -1.75. The van der Waals surface area contributed by atoms with Crippen LogP contribution in [0.4, 0.5) is 5.69 Å². The van der Waals surface area contributed by atoms with E-state index in [1.807, 2.05) is 0 Å². The zero-order chi connectivity index (χ0) is 22.6. The third-order valence-electron chi connectivity index (χ3n) is 5.15. The lowest BCUT2D eigenvalue weighted by Crippen LogP contribution is -2.55. The molecule has 3 amide bonds. The molecule has 1 aromatic rings. The second-order valence-electron chi connectivity index (χ2n) is 7.04. The molecule has 0 aliphatic carbocycles. The molecule has 0 saturated carbocycles. The highest BCUT2D eigenvalue weighted by molar-refractivity contribution is 7.89. The standard InChI is InChI=1S/C19H26N4O7S/c1-3-21-6-7-22(19(26)18(21)25)13-17(24)20-14-4-5-15(29-2)16(12-14)31(27,28)23-8-10-30-11-9-23/h4-5,12H,3,6-11,13H2,1-2H3,(H,20,24). The van der Waals surface area contributed by atoms with E-state index in [9.17, 15) is 22.8 Å². The van der Waals surface area contributed by atoms with Gasteiger partial charge in [-0.1, -0.05) is 0 Å². The lowest BCUT2D eigenvalue weighted by molar-refractivity contribution is -0.156. The number of amides is 3. The zero-order valence-corrected chi connectivity index (χ0v) is 18.3. The minimum Gasteiger partial charge on any atom is -0.495 e. The molecule has 2 aliphatic heterocycles. The van der Waals surface area contributed by atoms with Crippen LogP contribution in [-0.4, -0.2) is 99.8 Å². The maximum Gasteiger partial charge on any atom is 0.312 e. The number of nitrogens with one attached hydrogen (secondary N) is 1. The van der Waals surface area contributed by atoms with E-state index < -0.39 is 27.7 Å². The van der Waals surface area contributed by atoms with Crippen LogP contribution < -0.4 is 10.1 Å². The third kappa shape index (κ3) is 4.97. The number of morpholine rings is 1. The molecule has 12 heteroatoms. The number of piperazine rings is 1. The molecule has 0 radical (unpaired) electrons. The molecule has 1 N–H and O–H groups in total. The summed E-state index contributed by atoms with van der Waals surface area (Å²) in [6.45, 7) is 3.57. The molecule has 0 unspecified atom stereocenters. The second kappa shape index (κ2) is 9.62. The van der Waals surface area contributed by atoms with Crippen LogP contribution in [-0.2, 0) is 29.1 Å². The van der Waals surface area contributed by atoms with Crippen LogP contribution in [0.15, 0.2) is 23.1 Å². The summed E-state index contributed by atoms with van der Waals surface area (Å²) in [6, 6.07) is 4.29. The van der Waals surface area contributed by atoms with E-state index in [4.69, 9.17) is 9.47 Å². The molecule has 0 aromatic heterocycles. The van der Waals surface area contributed by atoms with Crippen molar-refractivity contribution in [3.63, 3.8) is 0 Å². The summed E-state index contributed by atoms with van der Waals surface area (Å²) in [7, 11) is -2.49. The average Bonchev–Trinajstić information content (AvgIpc) is 2.77. The Balaban J connectivity index is 1.73. The van der Waals surface area contributed by atoms with Gasteiger partial charge in [0.2, 0.25) is 15.9 Å². The van der Waals surface area contributed by atoms with Crippen molar-refractivity contribution in [1.29, 1.82) is 0 Å². The number of anilines is 1. The molecule has 2 heterocycles. The molecule has 0 atom stereocenters. The molecule has 0 spiro atoms. The summed E-state index contributed by atoms with van der Waals surface area (Å²) in [6.07, 6.45) is 0. The molecular formula is C19H26N4O7S. The average molecular weight is 455 g/mol. The van der Waals surface area contributed by atoms with Crippen LogP contribution in [0.25, 0.3) is 0 Å². The van der Waals surface area contributed by atoms with Crippen LogP contribution in [0.1, 0.15) is 6.92 Å². The van der Waals surface area contributed by atoms with E-state index in [1.54, 1.807) is 6.92 Å². The van der Waals surface area contributed by atoms with Crippen molar-refractivity contribution in [2.75, 3.05) is 64.9 Å². The summed E-state index contributed by atoms with van der Waals surface area (Å²) < 4.78 is 37.8. The monoisotopic (exact) mass is 454 g/mol. The fraction of sp³-hybridized carbons (Fsp3) is 0.526. The smallest absolute Gasteiger partial charge is 0.312 e. The highest BCUT2D eigenvalue weighted by Crippen LogP contribution is 2.30. The minimum atomic E-state index is -3.85. The van der Waals surface area contributed by atoms with E-state index in [1.165, 1.54) is 39.4 Å². The van der Waals surface area contributed by atoms with Gasteiger partial charge in [0.25, 0.3) is 0 Å². The van der Waals surface area contributed by atoms with Crippen LogP contribution in [0.5, 0.6) is 5.75 Å². The number of nitrogens with zero attached hydrogens (tertiary/aromatic N) is 3. The van der Waals surface area contributed by atoms with Crippen molar-refractivity contribution in [3.8, 4) is 5.75 Å². The summed E-state index contributed by atoms with van der Waals surface area (Å²) in [4.78, 5) is 39.2. The Kier molecular flexibility index (Phi) is 7.13. The maximum absolute atomic E-state index is 13.0. The van der Waals surface area contributed by atoms with Crippen molar-refractivity contribution in [1.82, 2.24) is 14.1 Å². The number of hydrogen-bond donors (Lipinski definition) is 1. The van der Waals surface area contributed by atoms with Gasteiger partial charge in [-0.15, -0.1) is 0 Å². The Bertz CT molecular complexity index is 960. The Morgan fingerprint density at radius 2 is 1.74 bits per heavy atom. The van der Waals surface area contributed by atoms with E-state index in [0.717, 1.165) is 0 Å². The van der Waals surface area contributed by atoms with Crippen molar-refractivity contribution in [3.05, 3.63) is 18.2 Å². The molecule has 2 aliphatic rings. The number of benzene rings is 1. The van der Waals surface area contributed by atoms with Crippen LogP contribution in [0.3, 0.4) is 0 Å². The van der Waals surface area contributed by atoms with Crippen molar-refractivity contribution in [2.24, 2.45) is 0 Å². The fourth-order valence-electron chi connectivity index (χ4n) is 3.42. The topological polar surface area (TPSA) is 126 Å². The highest BCUT2D eigenvalue weighted by Gasteiger charge is 2.33.